The van der Waals surface area contributed by atoms with E-state index in [0.29, 0.717) is 25.2 Å². The molecule has 17 heavy (non-hydrogen) atoms. The van der Waals surface area contributed by atoms with Gasteiger partial charge in [-0.2, -0.15) is 0 Å². The highest BCUT2D eigenvalue weighted by molar-refractivity contribution is 5.78. The van der Waals surface area contributed by atoms with Gasteiger partial charge in [-0.05, 0) is 31.8 Å². The van der Waals surface area contributed by atoms with Gasteiger partial charge in [0.15, 0.2) is 0 Å². The standard InChI is InChI=1S/C13H24N2O2/c1-10(11-8-14-9-11)13(16)15-6-7-17-12-4-2-3-5-12/h10-12,14H,2-9H2,1H3,(H,15,16). The second-order valence-corrected chi connectivity index (χ2v) is 5.28. The molecule has 2 rings (SSSR count). The van der Waals surface area contributed by atoms with Crippen molar-refractivity contribution in [2.24, 2.45) is 11.8 Å². The van der Waals surface area contributed by atoms with E-state index in [4.69, 9.17) is 4.74 Å². The SMILES string of the molecule is CC(C(=O)NCCOC1CCCC1)C1CNC1. The van der Waals surface area contributed by atoms with Crippen LogP contribution in [-0.2, 0) is 9.53 Å². The van der Waals surface area contributed by atoms with Crippen LogP contribution in [-0.4, -0.2) is 38.3 Å². The first kappa shape index (κ1) is 12.8. The molecule has 1 heterocycles. The third kappa shape index (κ3) is 3.68. The van der Waals surface area contributed by atoms with Crippen LogP contribution in [0.5, 0.6) is 0 Å². The molecule has 0 bridgehead atoms. The molecule has 4 nitrogen and oxygen atoms in total. The van der Waals surface area contributed by atoms with Crippen LogP contribution in [0.2, 0.25) is 0 Å². The lowest BCUT2D eigenvalue weighted by molar-refractivity contribution is -0.127. The highest BCUT2D eigenvalue weighted by Crippen LogP contribution is 2.20. The third-order valence-corrected chi connectivity index (χ3v) is 3.99. The smallest absolute Gasteiger partial charge is 0.223 e. The molecule has 0 radical (unpaired) electrons. The maximum absolute atomic E-state index is 11.8. The van der Waals surface area contributed by atoms with Crippen LogP contribution in [0.3, 0.4) is 0 Å². The first-order valence-corrected chi connectivity index (χ1v) is 6.87. The van der Waals surface area contributed by atoms with Crippen molar-refractivity contribution < 1.29 is 9.53 Å². The van der Waals surface area contributed by atoms with Gasteiger partial charge in [0, 0.05) is 12.5 Å². The average molecular weight is 240 g/mol. The van der Waals surface area contributed by atoms with Crippen molar-refractivity contribution in [3.8, 4) is 0 Å². The Morgan fingerprint density at radius 3 is 2.71 bits per heavy atom. The number of carbonyl (C=O) groups is 1. The summed E-state index contributed by atoms with van der Waals surface area (Å²) in [5.41, 5.74) is 0. The minimum absolute atomic E-state index is 0.128. The lowest BCUT2D eigenvalue weighted by Crippen LogP contribution is -2.49. The lowest BCUT2D eigenvalue weighted by Gasteiger charge is -2.31. The molecule has 0 aromatic carbocycles. The largest absolute Gasteiger partial charge is 0.376 e. The van der Waals surface area contributed by atoms with Crippen molar-refractivity contribution in [1.29, 1.82) is 0 Å². The molecule has 2 aliphatic rings. The van der Waals surface area contributed by atoms with Gasteiger partial charge in [0.2, 0.25) is 5.91 Å². The molecule has 0 aromatic heterocycles. The molecule has 1 aliphatic heterocycles. The fourth-order valence-electron chi connectivity index (χ4n) is 2.49. The average Bonchev–Trinajstić information content (AvgIpc) is 2.74. The molecular formula is C13H24N2O2. The van der Waals surface area contributed by atoms with Crippen LogP contribution < -0.4 is 10.6 Å². The molecule has 1 saturated heterocycles. The maximum Gasteiger partial charge on any atom is 0.223 e. The van der Waals surface area contributed by atoms with Crippen LogP contribution in [0, 0.1) is 11.8 Å². The Balaban J connectivity index is 1.53. The zero-order chi connectivity index (χ0) is 12.1. The Kier molecular flexibility index (Phi) is 4.80. The van der Waals surface area contributed by atoms with Crippen LogP contribution in [0.15, 0.2) is 0 Å². The van der Waals surface area contributed by atoms with Crippen molar-refractivity contribution in [3.05, 3.63) is 0 Å². The predicted molar refractivity (Wildman–Crippen MR) is 66.7 cm³/mol. The number of hydrogen-bond acceptors (Lipinski definition) is 3. The summed E-state index contributed by atoms with van der Waals surface area (Å²) >= 11 is 0. The van der Waals surface area contributed by atoms with E-state index in [-0.39, 0.29) is 11.8 Å². The van der Waals surface area contributed by atoms with E-state index in [2.05, 4.69) is 10.6 Å². The summed E-state index contributed by atoms with van der Waals surface area (Å²) < 4.78 is 5.71. The van der Waals surface area contributed by atoms with Gasteiger partial charge in [0.05, 0.1) is 12.7 Å². The Hall–Kier alpha value is -0.610. The van der Waals surface area contributed by atoms with Gasteiger partial charge >= 0.3 is 0 Å². The third-order valence-electron chi connectivity index (χ3n) is 3.99. The van der Waals surface area contributed by atoms with Gasteiger partial charge in [-0.3, -0.25) is 4.79 Å². The van der Waals surface area contributed by atoms with Crippen LogP contribution in [0.1, 0.15) is 32.6 Å². The molecule has 1 amide bonds. The van der Waals surface area contributed by atoms with Gasteiger partial charge in [-0.15, -0.1) is 0 Å². The van der Waals surface area contributed by atoms with Crippen LogP contribution in [0.4, 0.5) is 0 Å². The van der Waals surface area contributed by atoms with Gasteiger partial charge in [0.1, 0.15) is 0 Å². The summed E-state index contributed by atoms with van der Waals surface area (Å²) in [6.45, 7) is 5.28. The van der Waals surface area contributed by atoms with Crippen LogP contribution >= 0.6 is 0 Å². The maximum atomic E-state index is 11.8. The number of nitrogens with one attached hydrogen (secondary N) is 2. The number of rotatable bonds is 6. The molecule has 1 aliphatic carbocycles. The Morgan fingerprint density at radius 2 is 2.12 bits per heavy atom. The molecular weight excluding hydrogens is 216 g/mol. The van der Waals surface area contributed by atoms with Gasteiger partial charge in [-0.25, -0.2) is 0 Å². The number of hydrogen-bond donors (Lipinski definition) is 2. The number of ether oxygens (including phenoxy) is 1. The van der Waals surface area contributed by atoms with E-state index >= 15 is 0 Å². The molecule has 1 saturated carbocycles. The molecule has 4 heteroatoms. The van der Waals surface area contributed by atoms with Gasteiger partial charge in [0.25, 0.3) is 0 Å². The Morgan fingerprint density at radius 1 is 1.41 bits per heavy atom. The van der Waals surface area contributed by atoms with E-state index in [1.807, 2.05) is 6.92 Å². The first-order valence-electron chi connectivity index (χ1n) is 6.87. The van der Waals surface area contributed by atoms with E-state index in [9.17, 15) is 4.79 Å². The second-order valence-electron chi connectivity index (χ2n) is 5.28. The first-order chi connectivity index (χ1) is 8.27. The molecule has 0 aromatic rings. The number of amides is 1. The molecule has 0 spiro atoms. The molecule has 2 fully saturated rings. The quantitative estimate of drug-likeness (QED) is 0.679. The summed E-state index contributed by atoms with van der Waals surface area (Å²) in [5, 5.41) is 6.16. The molecule has 1 unspecified atom stereocenters. The molecule has 1 atom stereocenters. The molecule has 98 valence electrons. The fourth-order valence-corrected chi connectivity index (χ4v) is 2.49. The predicted octanol–water partition coefficient (Wildman–Crippen LogP) is 0.917. The highest BCUT2D eigenvalue weighted by atomic mass is 16.5. The zero-order valence-corrected chi connectivity index (χ0v) is 10.7. The summed E-state index contributed by atoms with van der Waals surface area (Å²) in [5.74, 6) is 0.819. The van der Waals surface area contributed by atoms with Crippen molar-refractivity contribution in [2.75, 3.05) is 26.2 Å². The van der Waals surface area contributed by atoms with Crippen molar-refractivity contribution in [2.45, 2.75) is 38.7 Å². The Bertz CT molecular complexity index is 248. The monoisotopic (exact) mass is 240 g/mol. The normalized spacial score (nSPS) is 23.4. The second kappa shape index (κ2) is 6.36. The van der Waals surface area contributed by atoms with E-state index < -0.39 is 0 Å². The highest BCUT2D eigenvalue weighted by Gasteiger charge is 2.28. The van der Waals surface area contributed by atoms with E-state index in [1.54, 1.807) is 0 Å². The number of carbonyl (C=O) groups excluding carboxylic acids is 1. The molecule has 2 N–H and O–H groups in total. The Labute approximate surface area is 103 Å². The summed E-state index contributed by atoms with van der Waals surface area (Å²) in [4.78, 5) is 11.8. The van der Waals surface area contributed by atoms with Crippen molar-refractivity contribution >= 4 is 5.91 Å². The van der Waals surface area contributed by atoms with Gasteiger partial charge in [-0.1, -0.05) is 19.8 Å². The van der Waals surface area contributed by atoms with E-state index in [0.717, 1.165) is 13.1 Å². The summed E-state index contributed by atoms with van der Waals surface area (Å²) in [6, 6.07) is 0. The summed E-state index contributed by atoms with van der Waals surface area (Å²) in [6.07, 6.45) is 5.42. The minimum atomic E-state index is 0.128. The zero-order valence-electron chi connectivity index (χ0n) is 10.7. The fraction of sp³-hybridized carbons (Fsp3) is 0.923. The van der Waals surface area contributed by atoms with Crippen molar-refractivity contribution in [1.82, 2.24) is 10.6 Å². The summed E-state index contributed by atoms with van der Waals surface area (Å²) in [7, 11) is 0. The van der Waals surface area contributed by atoms with Crippen LogP contribution in [0.25, 0.3) is 0 Å². The van der Waals surface area contributed by atoms with Crippen molar-refractivity contribution in [3.63, 3.8) is 0 Å². The lowest BCUT2D eigenvalue weighted by atomic mass is 9.88. The minimum Gasteiger partial charge on any atom is -0.376 e. The van der Waals surface area contributed by atoms with E-state index in [1.165, 1.54) is 25.7 Å². The van der Waals surface area contributed by atoms with Gasteiger partial charge < -0.3 is 15.4 Å². The topological polar surface area (TPSA) is 50.4 Å².